The third-order valence-corrected chi connectivity index (χ3v) is 7.28. The number of hydrogen-bond acceptors (Lipinski definition) is 6. The van der Waals surface area contributed by atoms with Crippen molar-refractivity contribution in [1.29, 1.82) is 0 Å². The van der Waals surface area contributed by atoms with Crippen LogP contribution in [0.15, 0.2) is 53.4 Å². The van der Waals surface area contributed by atoms with Crippen molar-refractivity contribution in [3.8, 4) is 5.75 Å². The molecule has 1 aliphatic rings. The second kappa shape index (κ2) is 9.11. The van der Waals surface area contributed by atoms with Crippen molar-refractivity contribution in [3.05, 3.63) is 65.4 Å². The fourth-order valence-electron chi connectivity index (χ4n) is 4.39. The number of aromatic nitrogens is 1. The molecule has 4 rings (SSSR count). The van der Waals surface area contributed by atoms with Crippen LogP contribution in [0.25, 0.3) is 10.9 Å². The molecule has 0 saturated carbocycles. The van der Waals surface area contributed by atoms with Gasteiger partial charge in [0.2, 0.25) is 5.91 Å². The fourth-order valence-corrected chi connectivity index (χ4v) is 5.59. The van der Waals surface area contributed by atoms with E-state index in [-0.39, 0.29) is 11.3 Å². The van der Waals surface area contributed by atoms with Gasteiger partial charge in [0, 0.05) is 23.3 Å². The number of nitrogens with one attached hydrogen (secondary N) is 1. The summed E-state index contributed by atoms with van der Waals surface area (Å²) in [6, 6.07) is 14.1. The van der Waals surface area contributed by atoms with Crippen LogP contribution in [-0.4, -0.2) is 32.5 Å². The summed E-state index contributed by atoms with van der Waals surface area (Å²) in [5.41, 5.74) is 2.19. The predicted molar refractivity (Wildman–Crippen MR) is 126 cm³/mol. The minimum absolute atomic E-state index is 0.0211. The van der Waals surface area contributed by atoms with E-state index in [9.17, 15) is 13.2 Å². The number of benzene rings is 2. The van der Waals surface area contributed by atoms with Crippen molar-refractivity contribution in [3.63, 3.8) is 0 Å². The Bertz CT molecular complexity index is 1300. The number of carbonyl (C=O) groups is 1. The van der Waals surface area contributed by atoms with Crippen LogP contribution >= 0.6 is 0 Å². The first-order valence-electron chi connectivity index (χ1n) is 11.0. The van der Waals surface area contributed by atoms with Gasteiger partial charge in [-0.2, -0.15) is 0 Å². The van der Waals surface area contributed by atoms with E-state index in [1.165, 1.54) is 6.07 Å². The molecule has 1 N–H and O–H groups in total. The molecule has 7 nitrogen and oxygen atoms in total. The number of sulfonamides is 1. The lowest BCUT2D eigenvalue weighted by molar-refractivity contribution is -0.125. The van der Waals surface area contributed by atoms with Crippen LogP contribution in [-0.2, 0) is 25.2 Å². The van der Waals surface area contributed by atoms with E-state index in [0.29, 0.717) is 36.3 Å². The average molecular weight is 469 g/mol. The monoisotopic (exact) mass is 468 g/mol. The Morgan fingerprint density at radius 3 is 2.73 bits per heavy atom. The van der Waals surface area contributed by atoms with Gasteiger partial charge in [0.15, 0.2) is 0 Å². The van der Waals surface area contributed by atoms with Crippen molar-refractivity contribution in [2.75, 3.05) is 13.2 Å². The molecule has 1 aliphatic heterocycles. The van der Waals surface area contributed by atoms with Gasteiger partial charge >= 0.3 is 0 Å². The van der Waals surface area contributed by atoms with Crippen molar-refractivity contribution >= 4 is 26.8 Å². The molecule has 2 aromatic carbocycles. The number of pyridine rings is 1. The van der Waals surface area contributed by atoms with E-state index in [2.05, 4.69) is 9.71 Å². The number of carbonyl (C=O) groups excluding carboxylic acids is 1. The van der Waals surface area contributed by atoms with Crippen molar-refractivity contribution in [2.45, 2.75) is 50.5 Å². The normalized spacial score (nSPS) is 18.4. The highest BCUT2D eigenvalue weighted by Crippen LogP contribution is 2.44. The van der Waals surface area contributed by atoms with E-state index in [1.807, 2.05) is 39.0 Å². The Morgan fingerprint density at radius 1 is 1.18 bits per heavy atom. The van der Waals surface area contributed by atoms with Gasteiger partial charge in [0.25, 0.3) is 10.0 Å². The average Bonchev–Trinajstić information content (AvgIpc) is 3.23. The van der Waals surface area contributed by atoms with Crippen LogP contribution in [0.4, 0.5) is 0 Å². The van der Waals surface area contributed by atoms with Crippen molar-refractivity contribution < 1.29 is 22.7 Å². The summed E-state index contributed by atoms with van der Waals surface area (Å²) in [4.78, 5) is 17.5. The minimum Gasteiger partial charge on any atom is -0.493 e. The summed E-state index contributed by atoms with van der Waals surface area (Å²) >= 11 is 0. The van der Waals surface area contributed by atoms with E-state index < -0.39 is 21.5 Å². The number of hydrogen-bond donors (Lipinski definition) is 1. The molecule has 1 fully saturated rings. The lowest BCUT2D eigenvalue weighted by Gasteiger charge is -2.30. The Kier molecular flexibility index (Phi) is 6.41. The summed E-state index contributed by atoms with van der Waals surface area (Å²) < 4.78 is 40.5. The van der Waals surface area contributed by atoms with E-state index in [1.54, 1.807) is 24.3 Å². The van der Waals surface area contributed by atoms with Crippen molar-refractivity contribution in [2.24, 2.45) is 0 Å². The Balaban J connectivity index is 1.64. The molecule has 8 heteroatoms. The lowest BCUT2D eigenvalue weighted by Crippen LogP contribution is -2.37. The molecule has 0 aliphatic carbocycles. The third-order valence-electron chi connectivity index (χ3n) is 5.84. The summed E-state index contributed by atoms with van der Waals surface area (Å²) in [6.07, 6.45) is 1.24. The highest BCUT2D eigenvalue weighted by atomic mass is 32.2. The highest BCUT2D eigenvalue weighted by molar-refractivity contribution is 7.90. The van der Waals surface area contributed by atoms with Gasteiger partial charge in [0.05, 0.1) is 23.4 Å². The maximum Gasteiger partial charge on any atom is 0.264 e. The molecule has 0 spiro atoms. The number of ether oxygens (including phenoxy) is 2. The summed E-state index contributed by atoms with van der Waals surface area (Å²) in [5, 5.41) is 0.465. The lowest BCUT2D eigenvalue weighted by atomic mass is 9.86. The Labute approximate surface area is 194 Å². The quantitative estimate of drug-likeness (QED) is 0.560. The molecule has 33 heavy (non-hydrogen) atoms. The first-order valence-corrected chi connectivity index (χ1v) is 12.5. The number of aryl methyl sites for hydroxylation is 2. The van der Waals surface area contributed by atoms with Crippen LogP contribution in [0, 0.1) is 13.8 Å². The van der Waals surface area contributed by atoms with Crippen LogP contribution in [0.2, 0.25) is 0 Å². The Hall–Kier alpha value is -2.97. The van der Waals surface area contributed by atoms with Gasteiger partial charge < -0.3 is 9.47 Å². The maximum atomic E-state index is 13.2. The van der Waals surface area contributed by atoms with Crippen molar-refractivity contribution in [1.82, 2.24) is 9.71 Å². The number of amides is 1. The molecule has 1 amide bonds. The van der Waals surface area contributed by atoms with Gasteiger partial charge in [0.1, 0.15) is 11.4 Å². The van der Waals surface area contributed by atoms with Gasteiger partial charge in [-0.05, 0) is 70.0 Å². The highest BCUT2D eigenvalue weighted by Gasteiger charge is 2.42. The topological polar surface area (TPSA) is 94.6 Å². The van der Waals surface area contributed by atoms with Gasteiger partial charge in [-0.3, -0.25) is 9.78 Å². The largest absolute Gasteiger partial charge is 0.493 e. The fraction of sp³-hybridized carbons (Fsp3) is 0.360. The molecule has 0 unspecified atom stereocenters. The second-order valence-corrected chi connectivity index (χ2v) is 10.0. The smallest absolute Gasteiger partial charge is 0.264 e. The summed E-state index contributed by atoms with van der Waals surface area (Å²) in [5.74, 6) is 0.0223. The summed E-state index contributed by atoms with van der Waals surface area (Å²) in [7, 11) is -4.10. The zero-order valence-electron chi connectivity index (χ0n) is 19.1. The number of rotatable bonds is 7. The second-order valence-electron chi connectivity index (χ2n) is 8.36. The summed E-state index contributed by atoms with van der Waals surface area (Å²) in [6.45, 7) is 6.66. The molecule has 1 saturated heterocycles. The standard InChI is InChI=1S/C25H28N2O5S/c1-4-31-22-12-9-17(2)15-20(22)25(13-6-14-32-25)16-24(28)27-33(29,30)23-8-5-7-21-19(23)11-10-18(3)26-21/h5,7-12,15H,4,6,13-14,16H2,1-3H3,(H,27,28)/t25-/m0/s1. The molecular weight excluding hydrogens is 440 g/mol. The van der Waals surface area contributed by atoms with E-state index >= 15 is 0 Å². The number of fused-ring (bicyclic) bond motifs is 1. The van der Waals surface area contributed by atoms with Crippen LogP contribution in [0.1, 0.15) is 43.0 Å². The molecule has 1 aromatic heterocycles. The molecule has 3 aromatic rings. The van der Waals surface area contributed by atoms with Gasteiger partial charge in [-0.1, -0.05) is 17.7 Å². The maximum absolute atomic E-state index is 13.2. The van der Waals surface area contributed by atoms with Gasteiger partial charge in [-0.15, -0.1) is 0 Å². The zero-order valence-corrected chi connectivity index (χ0v) is 19.9. The molecule has 0 radical (unpaired) electrons. The minimum atomic E-state index is -4.10. The molecule has 1 atom stereocenters. The first-order chi connectivity index (χ1) is 15.7. The van der Waals surface area contributed by atoms with Gasteiger partial charge in [-0.25, -0.2) is 13.1 Å². The van der Waals surface area contributed by atoms with E-state index in [0.717, 1.165) is 23.2 Å². The molecule has 2 heterocycles. The van der Waals surface area contributed by atoms with Crippen LogP contribution in [0.5, 0.6) is 5.75 Å². The molecule has 0 bridgehead atoms. The zero-order chi connectivity index (χ0) is 23.6. The predicted octanol–water partition coefficient (Wildman–Crippen LogP) is 4.15. The molecule has 174 valence electrons. The van der Waals surface area contributed by atoms with Crippen LogP contribution in [0.3, 0.4) is 0 Å². The van der Waals surface area contributed by atoms with E-state index in [4.69, 9.17) is 9.47 Å². The molecular formula is C25H28N2O5S. The Morgan fingerprint density at radius 2 is 2.00 bits per heavy atom. The first kappa shape index (κ1) is 23.2. The SMILES string of the molecule is CCOc1ccc(C)cc1[C@@]1(CC(=O)NS(=O)(=O)c2cccc3nc(C)ccc23)CCCO1. The van der Waals surface area contributed by atoms with Crippen LogP contribution < -0.4 is 9.46 Å². The number of nitrogens with zero attached hydrogens (tertiary/aromatic N) is 1. The third kappa shape index (κ3) is 4.72.